The molecule has 0 aromatic carbocycles. The van der Waals surface area contributed by atoms with Crippen molar-refractivity contribution in [3.63, 3.8) is 0 Å². The number of aromatic nitrogens is 2. The van der Waals surface area contributed by atoms with Crippen LogP contribution in [0, 0.1) is 5.92 Å². The summed E-state index contributed by atoms with van der Waals surface area (Å²) >= 11 is 0. The van der Waals surface area contributed by atoms with Gasteiger partial charge in [0.15, 0.2) is 0 Å². The third-order valence-electron chi connectivity index (χ3n) is 2.49. The quantitative estimate of drug-likeness (QED) is 0.791. The molecule has 1 rings (SSSR count). The van der Waals surface area contributed by atoms with Crippen molar-refractivity contribution in [2.75, 3.05) is 13.6 Å². The number of hydrogen-bond acceptors (Lipinski definition) is 2. The van der Waals surface area contributed by atoms with Crippen LogP contribution in [0.15, 0.2) is 17.2 Å². The molecule has 86 valence electrons. The Morgan fingerprint density at radius 1 is 1.33 bits per heavy atom. The van der Waals surface area contributed by atoms with Crippen molar-refractivity contribution in [2.24, 2.45) is 5.92 Å². The van der Waals surface area contributed by atoms with Crippen LogP contribution in [0.2, 0.25) is 0 Å². The molecule has 1 aromatic rings. The predicted molar refractivity (Wildman–Crippen MR) is 62.2 cm³/mol. The maximum Gasteiger partial charge on any atom is 0.328 e. The molecule has 1 heterocycles. The average molecular weight is 211 g/mol. The van der Waals surface area contributed by atoms with Crippen molar-refractivity contribution in [3.05, 3.63) is 22.9 Å². The first-order valence-electron chi connectivity index (χ1n) is 5.48. The van der Waals surface area contributed by atoms with Gasteiger partial charge >= 0.3 is 5.69 Å². The van der Waals surface area contributed by atoms with E-state index in [4.69, 9.17) is 0 Å². The molecule has 0 bridgehead atoms. The third kappa shape index (κ3) is 2.96. The SMILES string of the molecule is CNCC(C)Cn1ccn(C(C)C)c1=O. The number of nitrogens with zero attached hydrogens (tertiary/aromatic N) is 2. The van der Waals surface area contributed by atoms with Crippen molar-refractivity contribution < 1.29 is 0 Å². The monoisotopic (exact) mass is 211 g/mol. The molecule has 0 radical (unpaired) electrons. The van der Waals surface area contributed by atoms with Gasteiger partial charge in [-0.05, 0) is 33.4 Å². The maximum atomic E-state index is 11.9. The molecule has 4 nitrogen and oxygen atoms in total. The standard InChI is InChI=1S/C11H21N3O/c1-9(2)14-6-5-13(11(14)15)8-10(3)7-12-4/h5-6,9-10,12H,7-8H2,1-4H3. The summed E-state index contributed by atoms with van der Waals surface area (Å²) in [7, 11) is 1.93. The second kappa shape index (κ2) is 5.16. The number of hydrogen-bond donors (Lipinski definition) is 1. The van der Waals surface area contributed by atoms with E-state index < -0.39 is 0 Å². The van der Waals surface area contributed by atoms with E-state index >= 15 is 0 Å². The first kappa shape index (κ1) is 12.0. The molecule has 4 heteroatoms. The van der Waals surface area contributed by atoms with Crippen molar-refractivity contribution in [3.8, 4) is 0 Å². The van der Waals surface area contributed by atoms with Crippen molar-refractivity contribution in [2.45, 2.75) is 33.4 Å². The topological polar surface area (TPSA) is 39.0 Å². The van der Waals surface area contributed by atoms with E-state index in [-0.39, 0.29) is 11.7 Å². The molecular weight excluding hydrogens is 190 g/mol. The summed E-state index contributed by atoms with van der Waals surface area (Å²) in [5.41, 5.74) is 0.0907. The predicted octanol–water partition coefficient (Wildman–Crippen LogP) is 1.09. The molecule has 15 heavy (non-hydrogen) atoms. The van der Waals surface area contributed by atoms with Crippen LogP contribution in [0.1, 0.15) is 26.8 Å². The largest absolute Gasteiger partial charge is 0.328 e. The Morgan fingerprint density at radius 2 is 2.00 bits per heavy atom. The molecule has 1 aromatic heterocycles. The lowest BCUT2D eigenvalue weighted by atomic mass is 10.2. The van der Waals surface area contributed by atoms with Crippen LogP contribution >= 0.6 is 0 Å². The van der Waals surface area contributed by atoms with Gasteiger partial charge in [0.05, 0.1) is 0 Å². The smallest absolute Gasteiger partial charge is 0.319 e. The van der Waals surface area contributed by atoms with E-state index in [1.54, 1.807) is 9.13 Å². The van der Waals surface area contributed by atoms with Crippen LogP contribution in [0.4, 0.5) is 0 Å². The van der Waals surface area contributed by atoms with Gasteiger partial charge in [-0.15, -0.1) is 0 Å². The summed E-state index contributed by atoms with van der Waals surface area (Å²) in [5, 5.41) is 3.11. The third-order valence-corrected chi connectivity index (χ3v) is 2.49. The Labute approximate surface area is 90.9 Å². The average Bonchev–Trinajstić information content (AvgIpc) is 2.48. The van der Waals surface area contributed by atoms with E-state index in [1.165, 1.54) is 0 Å². The van der Waals surface area contributed by atoms with E-state index in [0.29, 0.717) is 5.92 Å². The van der Waals surface area contributed by atoms with E-state index in [1.807, 2.05) is 33.3 Å². The van der Waals surface area contributed by atoms with Crippen molar-refractivity contribution >= 4 is 0 Å². The van der Waals surface area contributed by atoms with Gasteiger partial charge in [-0.25, -0.2) is 4.79 Å². The first-order chi connectivity index (χ1) is 7.06. The lowest BCUT2D eigenvalue weighted by molar-refractivity contribution is 0.444. The highest BCUT2D eigenvalue weighted by atomic mass is 16.1. The Kier molecular flexibility index (Phi) is 4.15. The van der Waals surface area contributed by atoms with Crippen LogP contribution in [0.3, 0.4) is 0 Å². The minimum absolute atomic E-state index is 0.0907. The van der Waals surface area contributed by atoms with Crippen LogP contribution in [0.25, 0.3) is 0 Å². The van der Waals surface area contributed by atoms with E-state index in [9.17, 15) is 4.79 Å². The summed E-state index contributed by atoms with van der Waals surface area (Å²) in [6.07, 6.45) is 3.73. The lowest BCUT2D eigenvalue weighted by Crippen LogP contribution is -2.29. The minimum Gasteiger partial charge on any atom is -0.319 e. The number of imidazole rings is 1. The van der Waals surface area contributed by atoms with Crippen molar-refractivity contribution in [1.82, 2.24) is 14.5 Å². The first-order valence-corrected chi connectivity index (χ1v) is 5.48. The highest BCUT2D eigenvalue weighted by molar-refractivity contribution is 4.84. The second-order valence-corrected chi connectivity index (χ2v) is 4.40. The van der Waals surface area contributed by atoms with Gasteiger partial charge in [-0.2, -0.15) is 0 Å². The highest BCUT2D eigenvalue weighted by Crippen LogP contribution is 2.01. The van der Waals surface area contributed by atoms with Crippen molar-refractivity contribution in [1.29, 1.82) is 0 Å². The summed E-state index contributed by atoms with van der Waals surface area (Å²) in [5.74, 6) is 0.468. The number of nitrogens with one attached hydrogen (secondary N) is 1. The maximum absolute atomic E-state index is 11.9. The zero-order chi connectivity index (χ0) is 11.4. The molecular formula is C11H21N3O. The molecule has 1 N–H and O–H groups in total. The summed E-state index contributed by atoms with van der Waals surface area (Å²) in [6, 6.07) is 0.235. The van der Waals surface area contributed by atoms with Gasteiger partial charge in [0.2, 0.25) is 0 Å². The Morgan fingerprint density at radius 3 is 2.47 bits per heavy atom. The van der Waals surface area contributed by atoms with Crippen LogP contribution in [-0.2, 0) is 6.54 Å². The molecule has 0 saturated carbocycles. The Balaban J connectivity index is 2.75. The molecule has 1 atom stereocenters. The second-order valence-electron chi connectivity index (χ2n) is 4.40. The Bertz CT molecular complexity index is 351. The molecule has 0 amide bonds. The van der Waals surface area contributed by atoms with Crippen LogP contribution in [0.5, 0.6) is 0 Å². The van der Waals surface area contributed by atoms with Gasteiger partial charge in [0.25, 0.3) is 0 Å². The Hall–Kier alpha value is -1.03. The van der Waals surface area contributed by atoms with E-state index in [0.717, 1.165) is 13.1 Å². The zero-order valence-corrected chi connectivity index (χ0v) is 10.0. The lowest BCUT2D eigenvalue weighted by Gasteiger charge is -2.10. The molecule has 0 aliphatic carbocycles. The van der Waals surface area contributed by atoms with Crippen LogP contribution in [-0.4, -0.2) is 22.7 Å². The van der Waals surface area contributed by atoms with Gasteiger partial charge in [0, 0.05) is 25.0 Å². The molecule has 0 aliphatic heterocycles. The van der Waals surface area contributed by atoms with Gasteiger partial charge < -0.3 is 5.32 Å². The molecule has 0 fully saturated rings. The summed E-state index contributed by atoms with van der Waals surface area (Å²) in [6.45, 7) is 7.87. The fourth-order valence-electron chi connectivity index (χ4n) is 1.71. The van der Waals surface area contributed by atoms with Gasteiger partial charge in [-0.1, -0.05) is 6.92 Å². The normalized spacial score (nSPS) is 13.4. The molecule has 0 saturated heterocycles. The molecule has 0 spiro atoms. The minimum atomic E-state index is 0.0907. The van der Waals surface area contributed by atoms with Gasteiger partial charge in [-0.3, -0.25) is 9.13 Å². The zero-order valence-electron chi connectivity index (χ0n) is 10.0. The summed E-state index contributed by atoms with van der Waals surface area (Å²) in [4.78, 5) is 11.9. The van der Waals surface area contributed by atoms with E-state index in [2.05, 4.69) is 12.2 Å². The molecule has 1 unspecified atom stereocenters. The fraction of sp³-hybridized carbons (Fsp3) is 0.727. The highest BCUT2D eigenvalue weighted by Gasteiger charge is 2.08. The van der Waals surface area contributed by atoms with Crippen LogP contribution < -0.4 is 11.0 Å². The fourth-order valence-corrected chi connectivity index (χ4v) is 1.71. The molecule has 0 aliphatic rings. The number of rotatable bonds is 5. The van der Waals surface area contributed by atoms with Gasteiger partial charge in [0.1, 0.15) is 0 Å². The summed E-state index contributed by atoms with van der Waals surface area (Å²) < 4.78 is 3.54.